The van der Waals surface area contributed by atoms with Gasteiger partial charge >= 0.3 is 0 Å². The standard InChI is InChI=1S/C18H20N4O/c1-13-12-17(20-21(13)3)18(23)19-14(2)15-6-8-16(9-7-15)22-10-4-5-11-22/h4-12,14H,1-3H3,(H,19,23). The maximum atomic E-state index is 12.3. The summed E-state index contributed by atoms with van der Waals surface area (Å²) in [5, 5.41) is 7.19. The summed E-state index contributed by atoms with van der Waals surface area (Å²) in [7, 11) is 1.83. The monoisotopic (exact) mass is 308 g/mol. The van der Waals surface area contributed by atoms with Crippen LogP contribution in [0.1, 0.15) is 34.7 Å². The van der Waals surface area contributed by atoms with Crippen molar-refractivity contribution < 1.29 is 4.79 Å². The minimum atomic E-state index is -0.157. The number of carbonyl (C=O) groups is 1. The molecule has 0 bridgehead atoms. The molecule has 0 aliphatic rings. The molecule has 3 rings (SSSR count). The highest BCUT2D eigenvalue weighted by molar-refractivity contribution is 5.92. The van der Waals surface area contributed by atoms with Crippen LogP contribution in [-0.2, 0) is 7.05 Å². The van der Waals surface area contributed by atoms with Gasteiger partial charge in [0.2, 0.25) is 0 Å². The molecule has 0 aliphatic heterocycles. The van der Waals surface area contributed by atoms with Gasteiger partial charge in [0, 0.05) is 30.8 Å². The molecular formula is C18H20N4O. The fourth-order valence-electron chi connectivity index (χ4n) is 2.47. The zero-order chi connectivity index (χ0) is 16.4. The second-order valence-corrected chi connectivity index (χ2v) is 5.67. The fraction of sp³-hybridized carbons (Fsp3) is 0.222. The first-order valence-corrected chi connectivity index (χ1v) is 7.59. The number of amides is 1. The summed E-state index contributed by atoms with van der Waals surface area (Å²) in [6.07, 6.45) is 4.01. The van der Waals surface area contributed by atoms with Gasteiger partial charge in [-0.05, 0) is 49.7 Å². The zero-order valence-corrected chi connectivity index (χ0v) is 13.5. The first-order valence-electron chi connectivity index (χ1n) is 7.59. The van der Waals surface area contributed by atoms with Crippen molar-refractivity contribution in [2.45, 2.75) is 19.9 Å². The smallest absolute Gasteiger partial charge is 0.272 e. The maximum Gasteiger partial charge on any atom is 0.272 e. The van der Waals surface area contributed by atoms with Gasteiger partial charge in [-0.1, -0.05) is 12.1 Å². The SMILES string of the molecule is Cc1cc(C(=O)NC(C)c2ccc(-n3cccc3)cc2)nn1C. The molecule has 5 nitrogen and oxygen atoms in total. The third kappa shape index (κ3) is 3.18. The van der Waals surface area contributed by atoms with Crippen LogP contribution in [0.3, 0.4) is 0 Å². The summed E-state index contributed by atoms with van der Waals surface area (Å²) in [5.74, 6) is -0.157. The Bertz CT molecular complexity index is 781. The van der Waals surface area contributed by atoms with Gasteiger partial charge in [-0.2, -0.15) is 5.10 Å². The lowest BCUT2D eigenvalue weighted by molar-refractivity contribution is 0.0934. The van der Waals surface area contributed by atoms with Crippen molar-refractivity contribution in [2.75, 3.05) is 0 Å². The van der Waals surface area contributed by atoms with E-state index in [1.54, 1.807) is 10.7 Å². The Morgan fingerprint density at radius 2 is 1.83 bits per heavy atom. The molecule has 1 amide bonds. The van der Waals surface area contributed by atoms with Crippen molar-refractivity contribution in [2.24, 2.45) is 7.05 Å². The minimum absolute atomic E-state index is 0.0801. The molecule has 0 fully saturated rings. The largest absolute Gasteiger partial charge is 0.344 e. The van der Waals surface area contributed by atoms with Crippen LogP contribution in [-0.4, -0.2) is 20.3 Å². The van der Waals surface area contributed by atoms with Crippen molar-refractivity contribution in [1.82, 2.24) is 19.7 Å². The fourth-order valence-corrected chi connectivity index (χ4v) is 2.47. The molecule has 2 heterocycles. The Labute approximate surface area is 135 Å². The van der Waals surface area contributed by atoms with Gasteiger partial charge in [0.25, 0.3) is 5.91 Å². The van der Waals surface area contributed by atoms with Crippen LogP contribution in [0.25, 0.3) is 5.69 Å². The molecule has 0 spiro atoms. The van der Waals surface area contributed by atoms with Crippen molar-refractivity contribution in [3.05, 3.63) is 71.8 Å². The second kappa shape index (κ2) is 6.12. The lowest BCUT2D eigenvalue weighted by Crippen LogP contribution is -2.27. The van der Waals surface area contributed by atoms with E-state index in [0.717, 1.165) is 16.9 Å². The topological polar surface area (TPSA) is 51.9 Å². The van der Waals surface area contributed by atoms with Gasteiger partial charge in [-0.15, -0.1) is 0 Å². The third-order valence-electron chi connectivity index (χ3n) is 3.99. The highest BCUT2D eigenvalue weighted by Gasteiger charge is 2.14. The number of aryl methyl sites for hydroxylation is 2. The summed E-state index contributed by atoms with van der Waals surface area (Å²) >= 11 is 0. The normalized spacial score (nSPS) is 12.1. The Morgan fingerprint density at radius 3 is 2.39 bits per heavy atom. The van der Waals surface area contributed by atoms with Crippen LogP contribution in [0, 0.1) is 6.92 Å². The molecule has 1 N–H and O–H groups in total. The van der Waals surface area contributed by atoms with Crippen LogP contribution in [0.15, 0.2) is 54.9 Å². The average Bonchev–Trinajstić information content (AvgIpc) is 3.18. The second-order valence-electron chi connectivity index (χ2n) is 5.67. The molecule has 118 valence electrons. The quantitative estimate of drug-likeness (QED) is 0.805. The van der Waals surface area contributed by atoms with Crippen LogP contribution in [0.5, 0.6) is 0 Å². The maximum absolute atomic E-state index is 12.3. The van der Waals surface area contributed by atoms with Gasteiger partial charge in [0.05, 0.1) is 6.04 Å². The number of nitrogens with one attached hydrogen (secondary N) is 1. The van der Waals surface area contributed by atoms with E-state index in [0.29, 0.717) is 5.69 Å². The van der Waals surface area contributed by atoms with E-state index in [9.17, 15) is 4.79 Å². The summed E-state index contributed by atoms with van der Waals surface area (Å²) in [6, 6.07) is 13.8. The molecule has 1 aromatic carbocycles. The molecule has 0 aliphatic carbocycles. The van der Waals surface area contributed by atoms with E-state index >= 15 is 0 Å². The van der Waals surface area contributed by atoms with E-state index in [1.165, 1.54) is 0 Å². The van der Waals surface area contributed by atoms with Gasteiger partial charge in [0.1, 0.15) is 5.69 Å². The first-order chi connectivity index (χ1) is 11.0. The first kappa shape index (κ1) is 15.1. The highest BCUT2D eigenvalue weighted by Crippen LogP contribution is 2.16. The van der Waals surface area contributed by atoms with Crippen molar-refractivity contribution in [3.63, 3.8) is 0 Å². The number of hydrogen-bond acceptors (Lipinski definition) is 2. The summed E-state index contributed by atoms with van der Waals surface area (Å²) in [5.41, 5.74) is 3.55. The molecule has 5 heteroatoms. The molecule has 2 aromatic heterocycles. The van der Waals surface area contributed by atoms with E-state index < -0.39 is 0 Å². The lowest BCUT2D eigenvalue weighted by atomic mass is 10.1. The van der Waals surface area contributed by atoms with Crippen LogP contribution >= 0.6 is 0 Å². The minimum Gasteiger partial charge on any atom is -0.344 e. The lowest BCUT2D eigenvalue weighted by Gasteiger charge is -2.14. The van der Waals surface area contributed by atoms with E-state index in [4.69, 9.17) is 0 Å². The van der Waals surface area contributed by atoms with Crippen LogP contribution < -0.4 is 5.32 Å². The molecule has 1 atom stereocenters. The molecule has 23 heavy (non-hydrogen) atoms. The number of aromatic nitrogens is 3. The van der Waals surface area contributed by atoms with Crippen molar-refractivity contribution >= 4 is 5.91 Å². The third-order valence-corrected chi connectivity index (χ3v) is 3.99. The summed E-state index contributed by atoms with van der Waals surface area (Å²) in [4.78, 5) is 12.3. The predicted octanol–water partition coefficient (Wildman–Crippen LogP) is 3.01. The summed E-state index contributed by atoms with van der Waals surface area (Å²) < 4.78 is 3.75. The summed E-state index contributed by atoms with van der Waals surface area (Å²) in [6.45, 7) is 3.89. The molecule has 0 saturated heterocycles. The highest BCUT2D eigenvalue weighted by atomic mass is 16.2. The van der Waals surface area contributed by atoms with Gasteiger partial charge < -0.3 is 9.88 Å². The molecule has 0 radical (unpaired) electrons. The number of nitrogens with zero attached hydrogens (tertiary/aromatic N) is 3. The predicted molar refractivity (Wildman–Crippen MR) is 89.6 cm³/mol. The Balaban J connectivity index is 1.70. The average molecular weight is 308 g/mol. The molecule has 0 saturated carbocycles. The van der Waals surface area contributed by atoms with Crippen LogP contribution in [0.4, 0.5) is 0 Å². The zero-order valence-electron chi connectivity index (χ0n) is 13.5. The Morgan fingerprint density at radius 1 is 1.17 bits per heavy atom. The van der Waals surface area contributed by atoms with Gasteiger partial charge in [-0.25, -0.2) is 0 Å². The Kier molecular flexibility index (Phi) is 4.02. The van der Waals surface area contributed by atoms with Crippen molar-refractivity contribution in [1.29, 1.82) is 0 Å². The number of carbonyl (C=O) groups excluding carboxylic acids is 1. The van der Waals surface area contributed by atoms with Gasteiger partial charge in [0.15, 0.2) is 0 Å². The molecular weight excluding hydrogens is 288 g/mol. The van der Waals surface area contributed by atoms with Crippen LogP contribution in [0.2, 0.25) is 0 Å². The number of rotatable bonds is 4. The molecule has 1 unspecified atom stereocenters. The van der Waals surface area contributed by atoms with E-state index in [2.05, 4.69) is 10.4 Å². The van der Waals surface area contributed by atoms with E-state index in [1.807, 2.05) is 74.3 Å². The molecule has 3 aromatic rings. The van der Waals surface area contributed by atoms with Crippen molar-refractivity contribution in [3.8, 4) is 5.69 Å². The van der Waals surface area contributed by atoms with E-state index in [-0.39, 0.29) is 11.9 Å². The van der Waals surface area contributed by atoms with Gasteiger partial charge in [-0.3, -0.25) is 9.48 Å². The Hall–Kier alpha value is -2.82. The number of benzene rings is 1. The number of hydrogen-bond donors (Lipinski definition) is 1.